The summed E-state index contributed by atoms with van der Waals surface area (Å²) in [6.45, 7) is 1.87. The summed E-state index contributed by atoms with van der Waals surface area (Å²) in [5.74, 6) is 0.584. The van der Waals surface area contributed by atoms with Crippen molar-refractivity contribution in [3.63, 3.8) is 0 Å². The molecule has 2 N–H and O–H groups in total. The van der Waals surface area contributed by atoms with Gasteiger partial charge in [0.25, 0.3) is 0 Å². The summed E-state index contributed by atoms with van der Waals surface area (Å²) in [7, 11) is 0. The summed E-state index contributed by atoms with van der Waals surface area (Å²) in [5, 5.41) is 0. The van der Waals surface area contributed by atoms with Crippen LogP contribution in [-0.4, -0.2) is 15.5 Å². The van der Waals surface area contributed by atoms with Crippen molar-refractivity contribution >= 4 is 28.9 Å². The van der Waals surface area contributed by atoms with E-state index in [0.29, 0.717) is 5.75 Å². The minimum Gasteiger partial charge on any atom is -0.338 e. The third-order valence-corrected chi connectivity index (χ3v) is 3.66. The molecule has 60 valence electrons. The predicted molar refractivity (Wildman–Crippen MR) is 46.0 cm³/mol. The first-order valence-corrected chi connectivity index (χ1v) is 6.67. The molecule has 0 bridgehead atoms. The Morgan fingerprint density at radius 3 is 2.40 bits per heavy atom. The van der Waals surface area contributed by atoms with Gasteiger partial charge in [-0.2, -0.15) is 0 Å². The Morgan fingerprint density at radius 2 is 2.10 bits per heavy atom. The second kappa shape index (κ2) is 7.02. The van der Waals surface area contributed by atoms with E-state index in [0.717, 1.165) is 11.4 Å². The maximum Gasteiger partial charge on any atom is 0.242 e. The molecule has 0 aliphatic carbocycles. The van der Waals surface area contributed by atoms with Gasteiger partial charge in [-0.3, -0.25) is 0 Å². The zero-order valence-electron chi connectivity index (χ0n) is 5.43. The summed E-state index contributed by atoms with van der Waals surface area (Å²) in [6.07, 6.45) is 3.68. The van der Waals surface area contributed by atoms with Gasteiger partial charge in [0.1, 0.15) is 0 Å². The minimum absolute atomic E-state index is 0. The SMILES string of the molecule is CC=CCSP(O)(O)=S.[Mo]. The predicted octanol–water partition coefficient (Wildman–Crippen LogP) is 1.50. The van der Waals surface area contributed by atoms with E-state index in [1.807, 2.05) is 19.1 Å². The molecular formula is C4H9MoO2PS2. The fourth-order valence-corrected chi connectivity index (χ4v) is 2.10. The minimum atomic E-state index is -3.00. The van der Waals surface area contributed by atoms with Crippen molar-refractivity contribution in [2.45, 2.75) is 6.92 Å². The molecule has 0 amide bonds. The average Bonchev–Trinajstić information content (AvgIpc) is 1.63. The number of rotatable bonds is 3. The van der Waals surface area contributed by atoms with Crippen LogP contribution in [0.1, 0.15) is 6.92 Å². The van der Waals surface area contributed by atoms with Gasteiger partial charge >= 0.3 is 0 Å². The molecule has 0 aromatic rings. The van der Waals surface area contributed by atoms with Crippen LogP contribution in [0.3, 0.4) is 0 Å². The van der Waals surface area contributed by atoms with E-state index in [1.165, 1.54) is 0 Å². The summed E-state index contributed by atoms with van der Waals surface area (Å²) < 4.78 is 0. The van der Waals surface area contributed by atoms with Crippen molar-refractivity contribution in [2.75, 3.05) is 5.75 Å². The van der Waals surface area contributed by atoms with Crippen molar-refractivity contribution in [1.82, 2.24) is 0 Å². The summed E-state index contributed by atoms with van der Waals surface area (Å²) >= 11 is 5.36. The average molecular weight is 280 g/mol. The van der Waals surface area contributed by atoms with Crippen LogP contribution in [0.5, 0.6) is 0 Å². The van der Waals surface area contributed by atoms with Gasteiger partial charge in [-0.1, -0.05) is 23.5 Å². The molecule has 0 fully saturated rings. The Bertz CT molecular complexity index is 144. The van der Waals surface area contributed by atoms with Crippen LogP contribution in [0.25, 0.3) is 0 Å². The fourth-order valence-electron chi connectivity index (χ4n) is 0.236. The van der Waals surface area contributed by atoms with E-state index in [2.05, 4.69) is 11.8 Å². The third kappa shape index (κ3) is 12.1. The van der Waals surface area contributed by atoms with Crippen LogP contribution >= 0.6 is 17.1 Å². The molecule has 10 heavy (non-hydrogen) atoms. The number of hydrogen-bond donors (Lipinski definition) is 2. The van der Waals surface area contributed by atoms with Gasteiger partial charge in [-0.25, -0.2) is 0 Å². The van der Waals surface area contributed by atoms with Crippen molar-refractivity contribution in [1.29, 1.82) is 0 Å². The van der Waals surface area contributed by atoms with Crippen LogP contribution in [0.4, 0.5) is 0 Å². The van der Waals surface area contributed by atoms with Crippen LogP contribution in [0, 0.1) is 0 Å². The first-order chi connectivity index (χ1) is 4.06. The summed E-state index contributed by atoms with van der Waals surface area (Å²) in [4.78, 5) is 17.3. The molecular weight excluding hydrogens is 271 g/mol. The van der Waals surface area contributed by atoms with Crippen LogP contribution in [0.15, 0.2) is 12.2 Å². The van der Waals surface area contributed by atoms with Crippen LogP contribution < -0.4 is 0 Å². The fraction of sp³-hybridized carbons (Fsp3) is 0.500. The van der Waals surface area contributed by atoms with Gasteiger partial charge in [0.05, 0.1) is 0 Å². The van der Waals surface area contributed by atoms with Crippen LogP contribution in [0.2, 0.25) is 0 Å². The van der Waals surface area contributed by atoms with E-state index in [-0.39, 0.29) is 21.1 Å². The van der Waals surface area contributed by atoms with Gasteiger partial charge in [0.15, 0.2) is 0 Å². The van der Waals surface area contributed by atoms with E-state index < -0.39 is 5.69 Å². The Labute approximate surface area is 84.3 Å². The molecule has 0 aliphatic rings. The zero-order valence-corrected chi connectivity index (χ0v) is 9.96. The van der Waals surface area contributed by atoms with Gasteiger partial charge in [-0.15, -0.1) is 0 Å². The van der Waals surface area contributed by atoms with Gasteiger partial charge in [0.2, 0.25) is 5.69 Å². The topological polar surface area (TPSA) is 40.5 Å². The second-order valence-electron chi connectivity index (χ2n) is 1.36. The Morgan fingerprint density at radius 1 is 1.60 bits per heavy atom. The smallest absolute Gasteiger partial charge is 0.242 e. The maximum atomic E-state index is 8.65. The Balaban J connectivity index is 0. The first-order valence-electron chi connectivity index (χ1n) is 2.37. The Kier molecular flexibility index (Phi) is 9.77. The van der Waals surface area contributed by atoms with Crippen LogP contribution in [-0.2, 0) is 32.9 Å². The molecule has 0 aliphatic heterocycles. The molecule has 0 heterocycles. The van der Waals surface area contributed by atoms with Crippen molar-refractivity contribution in [3.8, 4) is 0 Å². The molecule has 0 unspecified atom stereocenters. The molecule has 0 aromatic heterocycles. The van der Waals surface area contributed by atoms with E-state index in [4.69, 9.17) is 9.79 Å². The van der Waals surface area contributed by atoms with Crippen molar-refractivity contribution < 1.29 is 30.9 Å². The molecule has 0 aromatic carbocycles. The molecule has 0 saturated carbocycles. The third-order valence-electron chi connectivity index (χ3n) is 0.575. The molecule has 0 spiro atoms. The standard InChI is InChI=1S/C4H9O2PS2.Mo/c1-2-3-4-9-7(5,6)8;/h2-3H,4H2,1H3,(H2,5,6,8);. The molecule has 0 atom stereocenters. The van der Waals surface area contributed by atoms with Gasteiger partial charge in [0, 0.05) is 26.8 Å². The molecule has 6 heteroatoms. The maximum absolute atomic E-state index is 8.65. The molecule has 0 saturated heterocycles. The number of allylic oxidation sites excluding steroid dienone is 1. The first kappa shape index (κ1) is 13.9. The quantitative estimate of drug-likeness (QED) is 0.467. The number of hydrogen-bond acceptors (Lipinski definition) is 2. The zero-order chi connectivity index (χ0) is 7.33. The Hall–Kier alpha value is 1.35. The van der Waals surface area contributed by atoms with Crippen molar-refractivity contribution in [2.24, 2.45) is 0 Å². The monoisotopic (exact) mass is 282 g/mol. The molecule has 0 rings (SSSR count). The van der Waals surface area contributed by atoms with Gasteiger partial charge in [-0.05, 0) is 18.7 Å². The van der Waals surface area contributed by atoms with E-state index in [9.17, 15) is 0 Å². The normalized spacial score (nSPS) is 11.5. The molecule has 2 nitrogen and oxygen atoms in total. The largest absolute Gasteiger partial charge is 0.338 e. The van der Waals surface area contributed by atoms with E-state index in [1.54, 1.807) is 0 Å². The van der Waals surface area contributed by atoms with E-state index >= 15 is 0 Å². The van der Waals surface area contributed by atoms with Gasteiger partial charge < -0.3 is 9.79 Å². The summed E-state index contributed by atoms with van der Waals surface area (Å²) in [6, 6.07) is 0. The second-order valence-corrected chi connectivity index (χ2v) is 7.45. The molecule has 0 radical (unpaired) electrons. The van der Waals surface area contributed by atoms with Crippen molar-refractivity contribution in [3.05, 3.63) is 12.2 Å². The summed E-state index contributed by atoms with van der Waals surface area (Å²) in [5.41, 5.74) is -3.00.